The van der Waals surface area contributed by atoms with Crippen LogP contribution in [0, 0.1) is 6.92 Å². The van der Waals surface area contributed by atoms with E-state index in [2.05, 4.69) is 22.1 Å². The number of aryl methyl sites for hydroxylation is 1. The minimum Gasteiger partial charge on any atom is -0.379 e. The Morgan fingerprint density at radius 2 is 2.31 bits per heavy atom. The van der Waals surface area contributed by atoms with Gasteiger partial charge >= 0.3 is 0 Å². The Hall–Kier alpha value is -0.490. The Bertz CT molecular complexity index is 310. The summed E-state index contributed by atoms with van der Waals surface area (Å²) in [6, 6.07) is 0. The standard InChI is InChI=1S/C11H19N3OS/c1-10-8-13-11(16-10)9-12-2-3-14-4-6-15-7-5-14/h8,12H,2-7,9H2,1H3. The van der Waals surface area contributed by atoms with E-state index in [1.807, 2.05) is 6.20 Å². The van der Waals surface area contributed by atoms with Crippen molar-refractivity contribution in [2.45, 2.75) is 13.5 Å². The molecule has 0 radical (unpaired) electrons. The molecule has 2 heterocycles. The third kappa shape index (κ3) is 3.83. The van der Waals surface area contributed by atoms with E-state index in [9.17, 15) is 0 Å². The Morgan fingerprint density at radius 3 is 3.00 bits per heavy atom. The minimum absolute atomic E-state index is 0.881. The van der Waals surface area contributed by atoms with E-state index in [0.29, 0.717) is 0 Å². The number of aromatic nitrogens is 1. The van der Waals surface area contributed by atoms with Crippen LogP contribution in [-0.2, 0) is 11.3 Å². The van der Waals surface area contributed by atoms with Gasteiger partial charge in [-0.3, -0.25) is 4.90 Å². The zero-order valence-electron chi connectivity index (χ0n) is 9.74. The molecule has 0 aromatic carbocycles. The lowest BCUT2D eigenvalue weighted by Crippen LogP contribution is -2.40. The molecule has 1 aromatic heterocycles. The molecule has 90 valence electrons. The second-order valence-corrected chi connectivity index (χ2v) is 5.31. The van der Waals surface area contributed by atoms with E-state index in [-0.39, 0.29) is 0 Å². The molecular weight excluding hydrogens is 222 g/mol. The summed E-state index contributed by atoms with van der Waals surface area (Å²) >= 11 is 1.77. The quantitative estimate of drug-likeness (QED) is 0.776. The lowest BCUT2D eigenvalue weighted by molar-refractivity contribution is 0.0384. The van der Waals surface area contributed by atoms with Crippen LogP contribution in [0.3, 0.4) is 0 Å². The number of nitrogens with one attached hydrogen (secondary N) is 1. The van der Waals surface area contributed by atoms with Crippen LogP contribution in [0.1, 0.15) is 9.88 Å². The molecule has 1 aliphatic heterocycles. The molecule has 1 saturated heterocycles. The summed E-state index contributed by atoms with van der Waals surface area (Å²) in [6.07, 6.45) is 1.93. The highest BCUT2D eigenvalue weighted by molar-refractivity contribution is 7.11. The zero-order chi connectivity index (χ0) is 11.2. The van der Waals surface area contributed by atoms with Crippen LogP contribution < -0.4 is 5.32 Å². The molecule has 4 nitrogen and oxygen atoms in total. The molecule has 0 amide bonds. The topological polar surface area (TPSA) is 37.4 Å². The van der Waals surface area contributed by atoms with Crippen molar-refractivity contribution >= 4 is 11.3 Å². The maximum absolute atomic E-state index is 5.31. The van der Waals surface area contributed by atoms with Gasteiger partial charge in [0.2, 0.25) is 0 Å². The van der Waals surface area contributed by atoms with Crippen LogP contribution in [0.5, 0.6) is 0 Å². The summed E-state index contributed by atoms with van der Waals surface area (Å²) in [5.41, 5.74) is 0. The fraction of sp³-hybridized carbons (Fsp3) is 0.727. The van der Waals surface area contributed by atoms with Crippen LogP contribution in [-0.4, -0.2) is 49.3 Å². The number of nitrogens with zero attached hydrogens (tertiary/aromatic N) is 2. The molecule has 2 rings (SSSR count). The van der Waals surface area contributed by atoms with Gasteiger partial charge in [0, 0.05) is 43.8 Å². The fourth-order valence-corrected chi connectivity index (χ4v) is 2.50. The number of rotatable bonds is 5. The maximum atomic E-state index is 5.31. The largest absolute Gasteiger partial charge is 0.379 e. The molecular formula is C11H19N3OS. The third-order valence-corrected chi connectivity index (χ3v) is 3.57. The Kier molecular flexibility index (Phi) is 4.71. The summed E-state index contributed by atoms with van der Waals surface area (Å²) in [5.74, 6) is 0. The van der Waals surface area contributed by atoms with Crippen molar-refractivity contribution in [3.05, 3.63) is 16.1 Å². The fourth-order valence-electron chi connectivity index (χ4n) is 1.74. The second kappa shape index (κ2) is 6.30. The van der Waals surface area contributed by atoms with Crippen LogP contribution >= 0.6 is 11.3 Å². The summed E-state index contributed by atoms with van der Waals surface area (Å²) in [5, 5.41) is 4.61. The summed E-state index contributed by atoms with van der Waals surface area (Å²) in [7, 11) is 0. The number of hydrogen-bond donors (Lipinski definition) is 1. The van der Waals surface area contributed by atoms with Crippen molar-refractivity contribution in [3.8, 4) is 0 Å². The molecule has 0 aliphatic carbocycles. The van der Waals surface area contributed by atoms with Gasteiger partial charge in [-0.2, -0.15) is 0 Å². The molecule has 1 fully saturated rings. The molecule has 0 bridgehead atoms. The molecule has 0 unspecified atom stereocenters. The first-order chi connectivity index (χ1) is 7.84. The second-order valence-electron chi connectivity index (χ2n) is 4.00. The van der Waals surface area contributed by atoms with E-state index in [4.69, 9.17) is 4.74 Å². The Labute approximate surface area is 101 Å². The molecule has 0 spiro atoms. The van der Waals surface area contributed by atoms with Gasteiger partial charge in [-0.25, -0.2) is 4.98 Å². The lowest BCUT2D eigenvalue weighted by atomic mass is 10.4. The van der Waals surface area contributed by atoms with Crippen LogP contribution in [0.2, 0.25) is 0 Å². The van der Waals surface area contributed by atoms with Gasteiger partial charge in [-0.1, -0.05) is 0 Å². The number of ether oxygens (including phenoxy) is 1. The van der Waals surface area contributed by atoms with Gasteiger partial charge in [0.15, 0.2) is 0 Å². The van der Waals surface area contributed by atoms with E-state index < -0.39 is 0 Å². The number of morpholine rings is 1. The monoisotopic (exact) mass is 241 g/mol. The van der Waals surface area contributed by atoms with E-state index >= 15 is 0 Å². The summed E-state index contributed by atoms with van der Waals surface area (Å²) in [6.45, 7) is 9.01. The molecule has 5 heteroatoms. The minimum atomic E-state index is 0.881. The molecule has 0 saturated carbocycles. The Balaban J connectivity index is 1.57. The number of thiazole rings is 1. The highest BCUT2D eigenvalue weighted by Crippen LogP contribution is 2.10. The van der Waals surface area contributed by atoms with Gasteiger partial charge in [-0.05, 0) is 6.92 Å². The summed E-state index contributed by atoms with van der Waals surface area (Å²) < 4.78 is 5.31. The smallest absolute Gasteiger partial charge is 0.107 e. The normalized spacial score (nSPS) is 17.8. The van der Waals surface area contributed by atoms with Crippen LogP contribution in [0.4, 0.5) is 0 Å². The van der Waals surface area contributed by atoms with Gasteiger partial charge < -0.3 is 10.1 Å². The van der Waals surface area contributed by atoms with Crippen molar-refractivity contribution in [1.29, 1.82) is 0 Å². The molecule has 1 aliphatic rings. The first-order valence-electron chi connectivity index (χ1n) is 5.77. The molecule has 1 N–H and O–H groups in total. The van der Waals surface area contributed by atoms with E-state index in [1.165, 1.54) is 9.88 Å². The SMILES string of the molecule is Cc1cnc(CNCCN2CCOCC2)s1. The van der Waals surface area contributed by atoms with Gasteiger partial charge in [0.25, 0.3) is 0 Å². The average molecular weight is 241 g/mol. The van der Waals surface area contributed by atoms with Gasteiger partial charge in [-0.15, -0.1) is 11.3 Å². The van der Waals surface area contributed by atoms with Crippen molar-refractivity contribution in [2.75, 3.05) is 39.4 Å². The molecule has 0 atom stereocenters. The number of hydrogen-bond acceptors (Lipinski definition) is 5. The molecule has 16 heavy (non-hydrogen) atoms. The van der Waals surface area contributed by atoms with Crippen LogP contribution in [0.15, 0.2) is 6.20 Å². The van der Waals surface area contributed by atoms with Crippen molar-refractivity contribution in [3.63, 3.8) is 0 Å². The van der Waals surface area contributed by atoms with Crippen molar-refractivity contribution < 1.29 is 4.74 Å². The van der Waals surface area contributed by atoms with Crippen molar-refractivity contribution in [2.24, 2.45) is 0 Å². The first-order valence-corrected chi connectivity index (χ1v) is 6.58. The van der Waals surface area contributed by atoms with Gasteiger partial charge in [0.05, 0.1) is 13.2 Å². The van der Waals surface area contributed by atoms with Crippen LogP contribution in [0.25, 0.3) is 0 Å². The highest BCUT2D eigenvalue weighted by Gasteiger charge is 2.08. The highest BCUT2D eigenvalue weighted by atomic mass is 32.1. The average Bonchev–Trinajstić information content (AvgIpc) is 2.72. The van der Waals surface area contributed by atoms with E-state index in [1.54, 1.807) is 11.3 Å². The van der Waals surface area contributed by atoms with E-state index in [0.717, 1.165) is 45.9 Å². The maximum Gasteiger partial charge on any atom is 0.107 e. The third-order valence-electron chi connectivity index (χ3n) is 2.65. The lowest BCUT2D eigenvalue weighted by Gasteiger charge is -2.26. The zero-order valence-corrected chi connectivity index (χ0v) is 10.6. The van der Waals surface area contributed by atoms with Crippen molar-refractivity contribution in [1.82, 2.24) is 15.2 Å². The van der Waals surface area contributed by atoms with Gasteiger partial charge in [0.1, 0.15) is 5.01 Å². The predicted molar refractivity (Wildman–Crippen MR) is 65.8 cm³/mol. The Morgan fingerprint density at radius 1 is 1.50 bits per heavy atom. The first kappa shape index (κ1) is 12.0. The summed E-state index contributed by atoms with van der Waals surface area (Å²) in [4.78, 5) is 8.04. The molecule has 1 aromatic rings. The predicted octanol–water partition coefficient (Wildman–Crippen LogP) is 0.873.